The van der Waals surface area contributed by atoms with Crippen LogP contribution in [-0.2, 0) is 38.1 Å². The summed E-state index contributed by atoms with van der Waals surface area (Å²) in [5.74, 6) is -7.97. The molecule has 0 unspecified atom stereocenters. The zero-order chi connectivity index (χ0) is 48.1. The Kier molecular flexibility index (Phi) is 19.8. The zero-order valence-corrected chi connectivity index (χ0v) is 37.9. The Morgan fingerprint density at radius 1 is 0.812 bits per heavy atom. The molecule has 0 spiro atoms. The number of carbonyl (C=O) groups is 6. The van der Waals surface area contributed by atoms with Crippen molar-refractivity contribution < 1.29 is 82.7 Å². The van der Waals surface area contributed by atoms with E-state index in [2.05, 4.69) is 0 Å². The van der Waals surface area contributed by atoms with E-state index in [0.717, 1.165) is 0 Å². The standard InChI is InChI=1S/C45H64N2O17/c1-26-22-44(7,57)39(52)27(2)38(28(3)41(54)63-36(25-48)45(8,58)40(53)29(4)46(9)23-26)64-37(51)24-47(18-20-59-42(55)32-14-10-12-16-34(32)61-30(5)49)19-21-60-43(56)33-15-11-13-17-35(33)62-31(6)50/h10-17,26-29,36,38-40,48,52-53,57-58H,18-25H2,1-9H3/t26-,27+,28-,29-,36-,38+,39-,40-,44-,45-/m1/s1. The monoisotopic (exact) mass is 904 g/mol. The van der Waals surface area contributed by atoms with Crippen LogP contribution in [0, 0.1) is 17.8 Å². The predicted molar refractivity (Wildman–Crippen MR) is 227 cm³/mol. The molecule has 356 valence electrons. The number of carbonyl (C=O) groups excluding carboxylic acids is 6. The number of ether oxygens (including phenoxy) is 6. The van der Waals surface area contributed by atoms with Crippen LogP contribution in [0.2, 0.25) is 0 Å². The van der Waals surface area contributed by atoms with Gasteiger partial charge < -0.3 is 58.9 Å². The number of benzene rings is 2. The molecule has 1 fully saturated rings. The first-order chi connectivity index (χ1) is 29.9. The van der Waals surface area contributed by atoms with Gasteiger partial charge in [-0.25, -0.2) is 9.59 Å². The summed E-state index contributed by atoms with van der Waals surface area (Å²) in [5.41, 5.74) is -4.05. The minimum Gasteiger partial charge on any atom is -0.461 e. The number of hydrogen-bond donors (Lipinski definition) is 5. The normalized spacial score (nSPS) is 28.5. The number of hydrogen-bond acceptors (Lipinski definition) is 19. The molecule has 1 aliphatic heterocycles. The molecule has 0 bridgehead atoms. The summed E-state index contributed by atoms with van der Waals surface area (Å²) in [5, 5.41) is 56.3. The highest BCUT2D eigenvalue weighted by molar-refractivity contribution is 5.94. The van der Waals surface area contributed by atoms with E-state index in [1.165, 1.54) is 82.8 Å². The largest absolute Gasteiger partial charge is 0.461 e. The molecular weight excluding hydrogens is 840 g/mol. The molecule has 0 amide bonds. The molecule has 1 saturated heterocycles. The van der Waals surface area contributed by atoms with Crippen LogP contribution in [0.4, 0.5) is 0 Å². The lowest BCUT2D eigenvalue weighted by molar-refractivity contribution is -0.201. The number of para-hydroxylation sites is 2. The van der Waals surface area contributed by atoms with Crippen LogP contribution in [0.1, 0.15) is 82.5 Å². The molecule has 0 aliphatic carbocycles. The molecule has 64 heavy (non-hydrogen) atoms. The summed E-state index contributed by atoms with van der Waals surface area (Å²) in [6, 6.07) is 11.1. The van der Waals surface area contributed by atoms with Gasteiger partial charge >= 0.3 is 35.8 Å². The maximum Gasteiger partial charge on any atom is 0.341 e. The SMILES string of the molecule is CC(=O)Oc1ccccc1C(=O)OCCN(CCOC(=O)c1ccccc1OC(C)=O)CC(=O)O[C@H]1[C@H](C)[C@@H](O)[C@](C)(O)C[C@@H](C)CN(C)[C@H](C)[C@@H](O)[C@](C)(O)[C@@H](CO)OC(=O)[C@@H]1C. The van der Waals surface area contributed by atoms with Crippen LogP contribution in [0.15, 0.2) is 48.5 Å². The summed E-state index contributed by atoms with van der Waals surface area (Å²) < 4.78 is 32.6. The number of rotatable bonds is 14. The quantitative estimate of drug-likeness (QED) is 0.102. The summed E-state index contributed by atoms with van der Waals surface area (Å²) in [6.45, 7) is 9.08. The molecule has 1 aliphatic rings. The lowest BCUT2D eigenvalue weighted by Crippen LogP contribution is -2.60. The molecule has 2 aromatic rings. The van der Waals surface area contributed by atoms with Crippen molar-refractivity contribution in [3.05, 3.63) is 59.7 Å². The number of cyclic esters (lactones) is 1. The smallest absolute Gasteiger partial charge is 0.341 e. The van der Waals surface area contributed by atoms with Gasteiger partial charge in [0.25, 0.3) is 0 Å². The predicted octanol–water partition coefficient (Wildman–Crippen LogP) is 1.53. The highest BCUT2D eigenvalue weighted by Gasteiger charge is 2.48. The fourth-order valence-corrected chi connectivity index (χ4v) is 7.69. The van der Waals surface area contributed by atoms with Crippen molar-refractivity contribution in [3.63, 3.8) is 0 Å². The van der Waals surface area contributed by atoms with E-state index >= 15 is 0 Å². The van der Waals surface area contributed by atoms with E-state index in [1.54, 1.807) is 31.0 Å². The maximum absolute atomic E-state index is 13.9. The highest BCUT2D eigenvalue weighted by Crippen LogP contribution is 2.33. The van der Waals surface area contributed by atoms with Crippen LogP contribution in [0.3, 0.4) is 0 Å². The van der Waals surface area contributed by atoms with Crippen molar-refractivity contribution in [2.45, 2.75) is 103 Å². The second-order valence-corrected chi connectivity index (χ2v) is 16.9. The third-order valence-corrected chi connectivity index (χ3v) is 11.3. The lowest BCUT2D eigenvalue weighted by Gasteiger charge is -2.41. The first-order valence-corrected chi connectivity index (χ1v) is 21.0. The van der Waals surface area contributed by atoms with Crippen molar-refractivity contribution in [3.8, 4) is 11.5 Å². The van der Waals surface area contributed by atoms with Crippen molar-refractivity contribution >= 4 is 35.8 Å². The second kappa shape index (κ2) is 23.8. The molecule has 2 aromatic carbocycles. The van der Waals surface area contributed by atoms with E-state index < -0.39 is 102 Å². The molecule has 19 nitrogen and oxygen atoms in total. The summed E-state index contributed by atoms with van der Waals surface area (Å²) in [4.78, 5) is 80.3. The maximum atomic E-state index is 13.9. The van der Waals surface area contributed by atoms with Crippen molar-refractivity contribution in [2.75, 3.05) is 53.0 Å². The Morgan fingerprint density at radius 3 is 1.77 bits per heavy atom. The Hall–Kier alpha value is -5.02. The van der Waals surface area contributed by atoms with Gasteiger partial charge in [-0.1, -0.05) is 38.1 Å². The molecular formula is C45H64N2O17. The van der Waals surface area contributed by atoms with Crippen LogP contribution in [0.25, 0.3) is 0 Å². The van der Waals surface area contributed by atoms with Gasteiger partial charge in [-0.05, 0) is 71.3 Å². The number of likely N-dealkylation sites (N-methyl/N-ethyl adjacent to an activating group) is 1. The molecule has 0 radical (unpaired) electrons. The van der Waals surface area contributed by atoms with Gasteiger partial charge in [0.1, 0.15) is 53.6 Å². The van der Waals surface area contributed by atoms with E-state index in [9.17, 15) is 54.3 Å². The molecule has 10 atom stereocenters. The van der Waals surface area contributed by atoms with E-state index in [-0.39, 0.29) is 61.3 Å². The van der Waals surface area contributed by atoms with Crippen molar-refractivity contribution in [2.24, 2.45) is 17.8 Å². The van der Waals surface area contributed by atoms with Gasteiger partial charge in [-0.2, -0.15) is 0 Å². The summed E-state index contributed by atoms with van der Waals surface area (Å²) in [6.07, 6.45) is -6.23. The summed E-state index contributed by atoms with van der Waals surface area (Å²) >= 11 is 0. The number of nitrogens with zero attached hydrogens (tertiary/aromatic N) is 2. The third kappa shape index (κ3) is 14.8. The minimum absolute atomic E-state index is 0.0305. The molecule has 1 heterocycles. The average Bonchev–Trinajstić information content (AvgIpc) is 3.22. The van der Waals surface area contributed by atoms with Gasteiger partial charge in [0.05, 0.1) is 30.8 Å². The van der Waals surface area contributed by atoms with Gasteiger partial charge in [0, 0.05) is 45.4 Å². The van der Waals surface area contributed by atoms with Crippen LogP contribution < -0.4 is 9.47 Å². The topological polar surface area (TPSA) is 265 Å². The molecule has 5 N–H and O–H groups in total. The van der Waals surface area contributed by atoms with E-state index in [1.807, 2.05) is 6.92 Å². The van der Waals surface area contributed by atoms with Crippen LogP contribution >= 0.6 is 0 Å². The van der Waals surface area contributed by atoms with Gasteiger partial charge in [0.2, 0.25) is 0 Å². The third-order valence-electron chi connectivity index (χ3n) is 11.3. The molecule has 0 aromatic heterocycles. The Morgan fingerprint density at radius 2 is 1.30 bits per heavy atom. The first kappa shape index (κ1) is 53.3. The second-order valence-electron chi connectivity index (χ2n) is 16.9. The van der Waals surface area contributed by atoms with E-state index in [0.29, 0.717) is 6.54 Å². The van der Waals surface area contributed by atoms with Gasteiger partial charge in [0.15, 0.2) is 6.10 Å². The molecule has 19 heteroatoms. The fraction of sp³-hybridized carbons (Fsp3) is 0.600. The Balaban J connectivity index is 1.92. The first-order valence-electron chi connectivity index (χ1n) is 21.0. The van der Waals surface area contributed by atoms with Crippen LogP contribution in [-0.4, -0.2) is 166 Å². The Bertz CT molecular complexity index is 1840. The summed E-state index contributed by atoms with van der Waals surface area (Å²) in [7, 11) is 1.69. The highest BCUT2D eigenvalue weighted by atomic mass is 16.6. The molecule has 3 rings (SSSR count). The van der Waals surface area contributed by atoms with Crippen molar-refractivity contribution in [1.82, 2.24) is 9.80 Å². The van der Waals surface area contributed by atoms with E-state index in [4.69, 9.17) is 28.4 Å². The minimum atomic E-state index is -2.16. The number of aliphatic hydroxyl groups excluding tert-OH is 3. The van der Waals surface area contributed by atoms with Crippen LogP contribution in [0.5, 0.6) is 11.5 Å². The number of aliphatic hydroxyl groups is 5. The zero-order valence-electron chi connectivity index (χ0n) is 37.9. The lowest BCUT2D eigenvalue weighted by atomic mass is 9.78. The van der Waals surface area contributed by atoms with Gasteiger partial charge in [-0.3, -0.25) is 24.1 Å². The molecule has 0 saturated carbocycles. The number of esters is 6. The fourth-order valence-electron chi connectivity index (χ4n) is 7.69. The Labute approximate surface area is 373 Å². The van der Waals surface area contributed by atoms with Gasteiger partial charge in [-0.15, -0.1) is 0 Å². The average molecular weight is 905 g/mol. The van der Waals surface area contributed by atoms with Crippen molar-refractivity contribution in [1.29, 1.82) is 0 Å².